The first-order chi connectivity index (χ1) is 16.8. The second kappa shape index (κ2) is 12.7. The minimum atomic E-state index is -3.19. The summed E-state index contributed by atoms with van der Waals surface area (Å²) in [4.78, 5) is 12.5. The highest BCUT2D eigenvalue weighted by Crippen LogP contribution is 2.32. The molecule has 3 aliphatic heterocycles. The predicted molar refractivity (Wildman–Crippen MR) is 139 cm³/mol. The van der Waals surface area contributed by atoms with Crippen LogP contribution in [0.5, 0.6) is 0 Å². The number of hydrogen-bond acceptors (Lipinski definition) is 6. The molecule has 4 rings (SSSR count). The monoisotopic (exact) mass is 512 g/mol. The SMILES string of the molecule is CC(C)OC1CCC(S(=O)(=O)N2CCC(CCCCNC(=O)C3CC4CNCCC4N3)CC2)CC1. The molecule has 9 heteroatoms. The third-order valence-corrected chi connectivity index (χ3v) is 11.1. The molecule has 202 valence electrons. The standard InChI is InChI=1S/C26H48N4O4S/c1-19(2)34-22-6-8-23(9-7-22)35(32,33)30-15-11-20(12-16-30)5-3-4-13-28-26(31)25-17-21-18-27-14-10-24(21)29-25/h19-25,27,29H,3-18H2,1-2H3,(H,28,31). The van der Waals surface area contributed by atoms with E-state index in [1.165, 1.54) is 0 Å². The Kier molecular flexibility index (Phi) is 9.89. The van der Waals surface area contributed by atoms with E-state index in [0.29, 0.717) is 31.0 Å². The lowest BCUT2D eigenvalue weighted by Crippen LogP contribution is -2.45. The van der Waals surface area contributed by atoms with Gasteiger partial charge in [0.15, 0.2) is 0 Å². The van der Waals surface area contributed by atoms with Gasteiger partial charge in [0, 0.05) is 25.7 Å². The van der Waals surface area contributed by atoms with Gasteiger partial charge < -0.3 is 20.7 Å². The quantitative estimate of drug-likeness (QED) is 0.389. The van der Waals surface area contributed by atoms with E-state index in [0.717, 1.165) is 90.3 Å². The minimum absolute atomic E-state index is 0.0334. The van der Waals surface area contributed by atoms with Crippen molar-refractivity contribution in [3.63, 3.8) is 0 Å². The van der Waals surface area contributed by atoms with E-state index in [9.17, 15) is 13.2 Å². The van der Waals surface area contributed by atoms with Crippen molar-refractivity contribution in [2.75, 3.05) is 32.7 Å². The molecule has 3 heterocycles. The van der Waals surface area contributed by atoms with Crippen LogP contribution in [0.3, 0.4) is 0 Å². The molecule has 3 N–H and O–H groups in total. The fraction of sp³-hybridized carbons (Fsp3) is 0.962. The van der Waals surface area contributed by atoms with Gasteiger partial charge in [0.25, 0.3) is 0 Å². The highest BCUT2D eigenvalue weighted by atomic mass is 32.2. The van der Waals surface area contributed by atoms with E-state index in [-0.39, 0.29) is 29.4 Å². The number of sulfonamides is 1. The Morgan fingerprint density at radius 1 is 1.06 bits per heavy atom. The van der Waals surface area contributed by atoms with Crippen LogP contribution in [0, 0.1) is 11.8 Å². The van der Waals surface area contributed by atoms with Gasteiger partial charge in [-0.25, -0.2) is 12.7 Å². The molecule has 1 amide bonds. The fourth-order valence-electron chi connectivity index (χ4n) is 6.61. The second-order valence-corrected chi connectivity index (χ2v) is 13.8. The van der Waals surface area contributed by atoms with Crippen LogP contribution >= 0.6 is 0 Å². The van der Waals surface area contributed by atoms with Crippen LogP contribution in [0.15, 0.2) is 0 Å². The van der Waals surface area contributed by atoms with Gasteiger partial charge in [0.05, 0.1) is 23.5 Å². The van der Waals surface area contributed by atoms with E-state index in [4.69, 9.17) is 4.74 Å². The summed E-state index contributed by atoms with van der Waals surface area (Å²) < 4.78 is 34.0. The number of piperidine rings is 2. The summed E-state index contributed by atoms with van der Waals surface area (Å²) in [5.74, 6) is 1.34. The molecule has 8 nitrogen and oxygen atoms in total. The van der Waals surface area contributed by atoms with Crippen LogP contribution in [-0.4, -0.2) is 80.9 Å². The second-order valence-electron chi connectivity index (χ2n) is 11.6. The minimum Gasteiger partial charge on any atom is -0.376 e. The Hall–Kier alpha value is -0.740. The zero-order valence-electron chi connectivity index (χ0n) is 21.8. The number of unbranched alkanes of at least 4 members (excludes halogenated alkanes) is 1. The Morgan fingerprint density at radius 3 is 2.49 bits per heavy atom. The van der Waals surface area contributed by atoms with E-state index < -0.39 is 10.0 Å². The number of rotatable bonds is 10. The first-order valence-corrected chi connectivity index (χ1v) is 15.7. The molecular weight excluding hydrogens is 464 g/mol. The lowest BCUT2D eigenvalue weighted by molar-refractivity contribution is -0.122. The van der Waals surface area contributed by atoms with Gasteiger partial charge in [-0.15, -0.1) is 0 Å². The Balaban J connectivity index is 1.08. The van der Waals surface area contributed by atoms with Crippen molar-refractivity contribution in [2.45, 2.75) is 114 Å². The van der Waals surface area contributed by atoms with Gasteiger partial charge in [-0.1, -0.05) is 12.8 Å². The highest BCUT2D eigenvalue weighted by Gasteiger charge is 2.39. The van der Waals surface area contributed by atoms with Crippen molar-refractivity contribution in [2.24, 2.45) is 11.8 Å². The molecule has 0 bridgehead atoms. The lowest BCUT2D eigenvalue weighted by atomic mass is 9.92. The maximum absolute atomic E-state index is 13.2. The molecule has 3 unspecified atom stereocenters. The molecule has 4 aliphatic rings. The molecular formula is C26H48N4O4S. The van der Waals surface area contributed by atoms with Crippen LogP contribution in [0.2, 0.25) is 0 Å². The number of ether oxygens (including phenoxy) is 1. The summed E-state index contributed by atoms with van der Waals surface area (Å²) >= 11 is 0. The Bertz CT molecular complexity index is 762. The summed E-state index contributed by atoms with van der Waals surface area (Å²) in [7, 11) is -3.19. The molecule has 0 aromatic heterocycles. The molecule has 0 aromatic rings. The van der Waals surface area contributed by atoms with Gasteiger partial charge in [0.1, 0.15) is 0 Å². The molecule has 3 saturated heterocycles. The van der Waals surface area contributed by atoms with Crippen LogP contribution in [-0.2, 0) is 19.6 Å². The summed E-state index contributed by atoms with van der Waals surface area (Å²) in [6.07, 6.45) is 10.7. The molecule has 0 aromatic carbocycles. The topological polar surface area (TPSA) is 99.8 Å². The highest BCUT2D eigenvalue weighted by molar-refractivity contribution is 7.89. The first kappa shape index (κ1) is 27.3. The molecule has 0 radical (unpaired) electrons. The van der Waals surface area contributed by atoms with Crippen molar-refractivity contribution in [3.8, 4) is 0 Å². The maximum atomic E-state index is 13.2. The van der Waals surface area contributed by atoms with E-state index >= 15 is 0 Å². The number of hydrogen-bond donors (Lipinski definition) is 3. The van der Waals surface area contributed by atoms with Crippen molar-refractivity contribution < 1.29 is 17.9 Å². The Labute approximate surface area is 212 Å². The van der Waals surface area contributed by atoms with Crippen molar-refractivity contribution >= 4 is 15.9 Å². The average Bonchev–Trinajstić information content (AvgIpc) is 3.29. The summed E-state index contributed by atoms with van der Waals surface area (Å²) in [5, 5.41) is 9.85. The fourth-order valence-corrected chi connectivity index (χ4v) is 8.62. The average molecular weight is 513 g/mol. The third-order valence-electron chi connectivity index (χ3n) is 8.66. The van der Waals surface area contributed by atoms with Gasteiger partial charge in [-0.05, 0) is 96.6 Å². The smallest absolute Gasteiger partial charge is 0.237 e. The van der Waals surface area contributed by atoms with Gasteiger partial charge in [-0.2, -0.15) is 0 Å². The lowest BCUT2D eigenvalue weighted by Gasteiger charge is -2.36. The summed E-state index contributed by atoms with van der Waals surface area (Å²) in [5.41, 5.74) is 0. The third kappa shape index (κ3) is 7.40. The molecule has 35 heavy (non-hydrogen) atoms. The van der Waals surface area contributed by atoms with E-state index in [1.807, 2.05) is 13.8 Å². The zero-order chi connectivity index (χ0) is 24.8. The molecule has 1 saturated carbocycles. The van der Waals surface area contributed by atoms with Crippen molar-refractivity contribution in [1.82, 2.24) is 20.3 Å². The first-order valence-electron chi connectivity index (χ1n) is 14.2. The number of carbonyl (C=O) groups excluding carboxylic acids is 1. The predicted octanol–water partition coefficient (Wildman–Crippen LogP) is 2.39. The van der Waals surface area contributed by atoms with Crippen molar-refractivity contribution in [1.29, 1.82) is 0 Å². The molecule has 0 spiro atoms. The normalized spacial score (nSPS) is 33.1. The maximum Gasteiger partial charge on any atom is 0.237 e. The molecule has 3 atom stereocenters. The number of fused-ring (bicyclic) bond motifs is 1. The van der Waals surface area contributed by atoms with Crippen molar-refractivity contribution in [3.05, 3.63) is 0 Å². The zero-order valence-corrected chi connectivity index (χ0v) is 22.7. The van der Waals surface area contributed by atoms with E-state index in [2.05, 4.69) is 16.0 Å². The summed E-state index contributed by atoms with van der Waals surface area (Å²) in [6.45, 7) is 8.21. The van der Waals surface area contributed by atoms with Crippen LogP contribution in [0.25, 0.3) is 0 Å². The number of nitrogens with one attached hydrogen (secondary N) is 3. The van der Waals surface area contributed by atoms with Crippen LogP contribution < -0.4 is 16.0 Å². The van der Waals surface area contributed by atoms with Gasteiger partial charge in [-0.3, -0.25) is 4.79 Å². The number of carbonyl (C=O) groups is 1. The molecule has 4 fully saturated rings. The summed E-state index contributed by atoms with van der Waals surface area (Å²) in [6, 6.07) is 0.463. The number of nitrogens with zero attached hydrogens (tertiary/aromatic N) is 1. The van der Waals surface area contributed by atoms with E-state index in [1.54, 1.807) is 4.31 Å². The molecule has 1 aliphatic carbocycles. The van der Waals surface area contributed by atoms with Gasteiger partial charge >= 0.3 is 0 Å². The Morgan fingerprint density at radius 2 is 1.80 bits per heavy atom. The largest absolute Gasteiger partial charge is 0.376 e. The number of amides is 1. The van der Waals surface area contributed by atoms with Crippen LogP contribution in [0.1, 0.15) is 84.5 Å². The van der Waals surface area contributed by atoms with Gasteiger partial charge in [0.2, 0.25) is 15.9 Å². The van der Waals surface area contributed by atoms with Crippen LogP contribution in [0.4, 0.5) is 0 Å².